The molecule has 1 atom stereocenters. The van der Waals surface area contributed by atoms with Gasteiger partial charge in [0.2, 0.25) is 0 Å². The van der Waals surface area contributed by atoms with Crippen LogP contribution in [0.3, 0.4) is 0 Å². The molecule has 1 heterocycles. The molecule has 0 bridgehead atoms. The number of amides is 2. The van der Waals surface area contributed by atoms with Gasteiger partial charge in [-0.1, -0.05) is 25.5 Å². The highest BCUT2D eigenvalue weighted by Gasteiger charge is 2.21. The van der Waals surface area contributed by atoms with Gasteiger partial charge in [0.05, 0.1) is 7.11 Å². The van der Waals surface area contributed by atoms with Gasteiger partial charge in [-0.15, -0.1) is 0 Å². The van der Waals surface area contributed by atoms with Crippen molar-refractivity contribution in [2.45, 2.75) is 32.6 Å². The fraction of sp³-hybridized carbons (Fsp3) is 0.588. The van der Waals surface area contributed by atoms with E-state index in [9.17, 15) is 4.79 Å². The summed E-state index contributed by atoms with van der Waals surface area (Å²) in [5, 5.41) is 3.03. The molecule has 1 fully saturated rings. The van der Waals surface area contributed by atoms with Gasteiger partial charge in [-0.2, -0.15) is 0 Å². The Hall–Kier alpha value is -1.71. The number of nitrogens with one attached hydrogen (secondary N) is 1. The lowest BCUT2D eigenvalue weighted by Crippen LogP contribution is -2.45. The summed E-state index contributed by atoms with van der Waals surface area (Å²) in [6, 6.07) is 8.07. The zero-order chi connectivity index (χ0) is 15.1. The maximum atomic E-state index is 12.1. The van der Waals surface area contributed by atoms with E-state index in [0.717, 1.165) is 38.1 Å². The van der Waals surface area contributed by atoms with Gasteiger partial charge in [0.1, 0.15) is 5.75 Å². The van der Waals surface area contributed by atoms with E-state index in [1.165, 1.54) is 12.0 Å². The van der Waals surface area contributed by atoms with E-state index >= 15 is 0 Å². The van der Waals surface area contributed by atoms with Crippen LogP contribution in [0.5, 0.6) is 5.75 Å². The summed E-state index contributed by atoms with van der Waals surface area (Å²) in [5.74, 6) is 1.53. The molecule has 1 aromatic rings. The van der Waals surface area contributed by atoms with Crippen molar-refractivity contribution in [3.63, 3.8) is 0 Å². The molecule has 1 unspecified atom stereocenters. The fourth-order valence-electron chi connectivity index (χ4n) is 2.80. The normalized spacial score (nSPS) is 18.4. The summed E-state index contributed by atoms with van der Waals surface area (Å²) < 4.78 is 5.14. The molecule has 116 valence electrons. The van der Waals surface area contributed by atoms with Crippen molar-refractivity contribution >= 4 is 6.03 Å². The van der Waals surface area contributed by atoms with Crippen LogP contribution in [0.25, 0.3) is 0 Å². The first kappa shape index (κ1) is 15.7. The average Bonchev–Trinajstić information content (AvgIpc) is 2.55. The molecule has 1 N–H and O–H groups in total. The minimum atomic E-state index is 0.0849. The number of hydrogen-bond donors (Lipinski definition) is 1. The number of nitrogens with zero attached hydrogens (tertiary/aromatic N) is 1. The van der Waals surface area contributed by atoms with Crippen LogP contribution in [-0.4, -0.2) is 37.7 Å². The molecule has 0 radical (unpaired) electrons. The van der Waals surface area contributed by atoms with Gasteiger partial charge in [-0.25, -0.2) is 4.79 Å². The molecule has 0 aliphatic carbocycles. The molecule has 2 rings (SSSR count). The molecule has 2 amide bonds. The van der Waals surface area contributed by atoms with Crippen LogP contribution >= 0.6 is 0 Å². The number of rotatable bonds is 5. The number of hydrogen-bond acceptors (Lipinski definition) is 2. The highest BCUT2D eigenvalue weighted by Crippen LogP contribution is 2.19. The van der Waals surface area contributed by atoms with Crippen LogP contribution in [-0.2, 0) is 6.42 Å². The Labute approximate surface area is 127 Å². The number of carbonyl (C=O) groups is 1. The van der Waals surface area contributed by atoms with Crippen LogP contribution in [0.1, 0.15) is 31.7 Å². The monoisotopic (exact) mass is 290 g/mol. The Morgan fingerprint density at radius 2 is 2.14 bits per heavy atom. The second-order valence-corrected chi connectivity index (χ2v) is 5.69. The number of ether oxygens (including phenoxy) is 1. The minimum Gasteiger partial charge on any atom is -0.497 e. The van der Waals surface area contributed by atoms with Gasteiger partial charge in [0.15, 0.2) is 0 Å². The molecule has 1 aromatic carbocycles. The van der Waals surface area contributed by atoms with Crippen molar-refractivity contribution in [2.24, 2.45) is 5.92 Å². The van der Waals surface area contributed by atoms with Crippen molar-refractivity contribution in [1.82, 2.24) is 10.2 Å². The summed E-state index contributed by atoms with van der Waals surface area (Å²) in [6.45, 7) is 4.68. The smallest absolute Gasteiger partial charge is 0.317 e. The van der Waals surface area contributed by atoms with Crippen LogP contribution < -0.4 is 10.1 Å². The number of likely N-dealkylation sites (tertiary alicyclic amines) is 1. The number of urea groups is 1. The SMILES string of the molecule is CCC1CCCN(C(=O)NCCc2ccc(OC)cc2)C1. The van der Waals surface area contributed by atoms with Gasteiger partial charge in [-0.3, -0.25) is 0 Å². The van der Waals surface area contributed by atoms with Crippen LogP contribution in [0.4, 0.5) is 4.79 Å². The molecule has 4 heteroatoms. The molecule has 1 aliphatic heterocycles. The Kier molecular flexibility index (Phi) is 5.90. The average molecular weight is 290 g/mol. The molecule has 4 nitrogen and oxygen atoms in total. The van der Waals surface area contributed by atoms with E-state index in [2.05, 4.69) is 12.2 Å². The second kappa shape index (κ2) is 7.91. The van der Waals surface area contributed by atoms with E-state index in [0.29, 0.717) is 12.5 Å². The summed E-state index contributed by atoms with van der Waals surface area (Å²) in [7, 11) is 1.66. The molecule has 1 aliphatic rings. The third-order valence-corrected chi connectivity index (χ3v) is 4.23. The topological polar surface area (TPSA) is 41.6 Å². The Morgan fingerprint density at radius 1 is 1.38 bits per heavy atom. The maximum Gasteiger partial charge on any atom is 0.317 e. The third kappa shape index (κ3) is 4.66. The zero-order valence-corrected chi connectivity index (χ0v) is 13.1. The quantitative estimate of drug-likeness (QED) is 0.905. The summed E-state index contributed by atoms with van der Waals surface area (Å²) in [4.78, 5) is 14.1. The summed E-state index contributed by atoms with van der Waals surface area (Å²) >= 11 is 0. The van der Waals surface area contributed by atoms with E-state index < -0.39 is 0 Å². The van der Waals surface area contributed by atoms with E-state index in [4.69, 9.17) is 4.74 Å². The van der Waals surface area contributed by atoms with Gasteiger partial charge in [0, 0.05) is 19.6 Å². The van der Waals surface area contributed by atoms with Crippen LogP contribution in [0.15, 0.2) is 24.3 Å². The van der Waals surface area contributed by atoms with Crippen molar-refractivity contribution in [1.29, 1.82) is 0 Å². The standard InChI is InChI=1S/C17H26N2O2/c1-3-14-5-4-12-19(13-14)17(20)18-11-10-15-6-8-16(21-2)9-7-15/h6-9,14H,3-5,10-13H2,1-2H3,(H,18,20). The van der Waals surface area contributed by atoms with Gasteiger partial charge >= 0.3 is 6.03 Å². The molecular formula is C17H26N2O2. The predicted molar refractivity (Wildman–Crippen MR) is 84.7 cm³/mol. The molecule has 0 saturated carbocycles. The van der Waals surface area contributed by atoms with Gasteiger partial charge in [-0.05, 0) is 42.9 Å². The summed E-state index contributed by atoms with van der Waals surface area (Å²) in [6.07, 6.45) is 4.40. The predicted octanol–water partition coefficient (Wildman–Crippen LogP) is 3.07. The number of methoxy groups -OCH3 is 1. The van der Waals surface area contributed by atoms with Gasteiger partial charge in [0.25, 0.3) is 0 Å². The molecule has 0 spiro atoms. The van der Waals surface area contributed by atoms with Crippen molar-refractivity contribution < 1.29 is 9.53 Å². The molecule has 21 heavy (non-hydrogen) atoms. The first-order valence-electron chi connectivity index (χ1n) is 7.88. The zero-order valence-electron chi connectivity index (χ0n) is 13.1. The largest absolute Gasteiger partial charge is 0.497 e. The van der Waals surface area contributed by atoms with Gasteiger partial charge < -0.3 is 15.0 Å². The Morgan fingerprint density at radius 3 is 2.81 bits per heavy atom. The van der Waals surface area contributed by atoms with Crippen molar-refractivity contribution in [3.05, 3.63) is 29.8 Å². The van der Waals surface area contributed by atoms with E-state index in [-0.39, 0.29) is 6.03 Å². The van der Waals surface area contributed by atoms with Crippen LogP contribution in [0.2, 0.25) is 0 Å². The lowest BCUT2D eigenvalue weighted by molar-refractivity contribution is 0.164. The maximum absolute atomic E-state index is 12.1. The number of carbonyl (C=O) groups excluding carboxylic acids is 1. The number of piperidine rings is 1. The van der Waals surface area contributed by atoms with Crippen molar-refractivity contribution in [2.75, 3.05) is 26.7 Å². The van der Waals surface area contributed by atoms with E-state index in [1.807, 2.05) is 29.2 Å². The second-order valence-electron chi connectivity index (χ2n) is 5.69. The lowest BCUT2D eigenvalue weighted by Gasteiger charge is -2.32. The lowest BCUT2D eigenvalue weighted by atomic mass is 9.96. The summed E-state index contributed by atoms with van der Waals surface area (Å²) in [5.41, 5.74) is 1.21. The minimum absolute atomic E-state index is 0.0849. The first-order valence-corrected chi connectivity index (χ1v) is 7.88. The highest BCUT2D eigenvalue weighted by atomic mass is 16.5. The highest BCUT2D eigenvalue weighted by molar-refractivity contribution is 5.74. The third-order valence-electron chi connectivity index (χ3n) is 4.23. The molecule has 0 aromatic heterocycles. The van der Waals surface area contributed by atoms with Crippen LogP contribution in [0, 0.1) is 5.92 Å². The first-order chi connectivity index (χ1) is 10.2. The Balaban J connectivity index is 1.73. The molecular weight excluding hydrogens is 264 g/mol. The Bertz CT molecular complexity index is 445. The van der Waals surface area contributed by atoms with E-state index in [1.54, 1.807) is 7.11 Å². The number of benzene rings is 1. The van der Waals surface area contributed by atoms with Crippen molar-refractivity contribution in [3.8, 4) is 5.75 Å². The fourth-order valence-corrected chi connectivity index (χ4v) is 2.80. The molecule has 1 saturated heterocycles.